The van der Waals surface area contributed by atoms with E-state index in [0.717, 1.165) is 22.5 Å². The lowest BCUT2D eigenvalue weighted by Gasteiger charge is -2.31. The summed E-state index contributed by atoms with van der Waals surface area (Å²) in [6.45, 7) is 4.38. The first-order valence-corrected chi connectivity index (χ1v) is 16.7. The highest BCUT2D eigenvalue weighted by Gasteiger charge is 2.49. The fraction of sp³-hybridized carbons (Fsp3) is 0.0500. The number of fused-ring (bicyclic) bond motifs is 3. The van der Waals surface area contributed by atoms with Crippen LogP contribution < -0.4 is 20.7 Å². The maximum atomic E-state index is 5.00. The van der Waals surface area contributed by atoms with E-state index in [9.17, 15) is 0 Å². The molecule has 1 aliphatic heterocycles. The van der Waals surface area contributed by atoms with Crippen molar-refractivity contribution in [3.05, 3.63) is 168 Å². The molecule has 0 bridgehead atoms. The number of hydrogen-bond acceptors (Lipinski definition) is 2. The van der Waals surface area contributed by atoms with Gasteiger partial charge in [-0.2, -0.15) is 0 Å². The summed E-state index contributed by atoms with van der Waals surface area (Å²) in [5.74, 6) is 0. The van der Waals surface area contributed by atoms with Crippen molar-refractivity contribution in [2.75, 3.05) is 0 Å². The largest absolute Gasteiger partial charge is 0.256 e. The molecule has 0 N–H and O–H groups in total. The summed E-state index contributed by atoms with van der Waals surface area (Å²) in [7, 11) is -2.61. The molecule has 43 heavy (non-hydrogen) atoms. The molecule has 0 fully saturated rings. The number of rotatable bonds is 6. The molecule has 0 unspecified atom stereocenters. The topological polar surface area (TPSA) is 24.7 Å². The fourth-order valence-electron chi connectivity index (χ4n) is 6.41. The zero-order chi connectivity index (χ0) is 29.2. The van der Waals surface area contributed by atoms with Crippen LogP contribution in [0.1, 0.15) is 22.3 Å². The number of nitrogens with zero attached hydrogens (tertiary/aromatic N) is 2. The molecule has 1 heterocycles. The van der Waals surface area contributed by atoms with Gasteiger partial charge in [-0.25, -0.2) is 0 Å². The van der Waals surface area contributed by atoms with E-state index in [-0.39, 0.29) is 0 Å². The van der Waals surface area contributed by atoms with Gasteiger partial charge in [0.05, 0.1) is 11.4 Å². The SMILES string of the molecule is Cc1cc2c(cc1N=Cc1ccccc1)-c1cc(N=Cc3ccccc3)c(C)cc1[Si]2(c1ccccc1)c1ccccc1. The summed E-state index contributed by atoms with van der Waals surface area (Å²) >= 11 is 0. The van der Waals surface area contributed by atoms with Crippen LogP contribution in [0.5, 0.6) is 0 Å². The third-order valence-corrected chi connectivity index (χ3v) is 13.3. The molecule has 0 aromatic heterocycles. The molecule has 3 heteroatoms. The fourth-order valence-corrected chi connectivity index (χ4v) is 11.8. The zero-order valence-electron chi connectivity index (χ0n) is 24.4. The van der Waals surface area contributed by atoms with Gasteiger partial charge in [0, 0.05) is 12.4 Å². The van der Waals surface area contributed by atoms with Gasteiger partial charge in [-0.1, -0.05) is 133 Å². The minimum Gasteiger partial charge on any atom is -0.256 e. The monoisotopic (exact) mass is 568 g/mol. The Morgan fingerprint density at radius 1 is 0.442 bits per heavy atom. The van der Waals surface area contributed by atoms with E-state index in [1.165, 1.54) is 43.0 Å². The molecule has 7 rings (SSSR count). The Morgan fingerprint density at radius 3 is 1.16 bits per heavy atom. The quantitative estimate of drug-likeness (QED) is 0.150. The van der Waals surface area contributed by atoms with Gasteiger partial charge in [-0.3, -0.25) is 9.98 Å². The minimum atomic E-state index is -2.61. The lowest BCUT2D eigenvalue weighted by atomic mass is 10.0. The van der Waals surface area contributed by atoms with Gasteiger partial charge in [0.1, 0.15) is 0 Å². The third-order valence-electron chi connectivity index (χ3n) is 8.49. The number of benzene rings is 6. The molecule has 1 aliphatic rings. The minimum absolute atomic E-state index is 0.995. The smallest absolute Gasteiger partial charge is 0.180 e. The summed E-state index contributed by atoms with van der Waals surface area (Å²) in [4.78, 5) is 9.99. The molecule has 0 atom stereocenters. The Bertz CT molecular complexity index is 1820. The number of aliphatic imine (C=N–C) groups is 2. The molecular weight excluding hydrogens is 537 g/mol. The second-order valence-electron chi connectivity index (χ2n) is 11.2. The second-order valence-corrected chi connectivity index (χ2v) is 14.9. The Hall–Kier alpha value is -5.12. The Labute approximate surface area is 254 Å². The van der Waals surface area contributed by atoms with Crippen molar-refractivity contribution in [1.29, 1.82) is 0 Å². The van der Waals surface area contributed by atoms with Gasteiger partial charge in [0.25, 0.3) is 0 Å². The van der Waals surface area contributed by atoms with Gasteiger partial charge in [-0.15, -0.1) is 0 Å². The van der Waals surface area contributed by atoms with Crippen LogP contribution in [-0.2, 0) is 0 Å². The van der Waals surface area contributed by atoms with E-state index in [1.807, 2.05) is 48.8 Å². The van der Waals surface area contributed by atoms with Crippen molar-refractivity contribution >= 4 is 52.6 Å². The van der Waals surface area contributed by atoms with Gasteiger partial charge in [-0.05, 0) is 80.1 Å². The average molecular weight is 569 g/mol. The molecule has 0 radical (unpaired) electrons. The standard InChI is InChI=1S/C40H32N2Si/c1-29-23-39-35(25-37(29)41-27-31-15-7-3-8-16-31)36-26-38(42-28-32-17-9-4-10-18-32)30(2)24-40(36)43(39,33-19-11-5-12-20-33)34-21-13-6-14-22-34/h3-28H,1-2H3. The van der Waals surface area contributed by atoms with Crippen molar-refractivity contribution < 1.29 is 0 Å². The molecule has 0 amide bonds. The first kappa shape index (κ1) is 26.8. The summed E-state index contributed by atoms with van der Waals surface area (Å²) in [5, 5.41) is 5.61. The highest BCUT2D eigenvalue weighted by atomic mass is 28.3. The van der Waals surface area contributed by atoms with Gasteiger partial charge in [0.15, 0.2) is 8.07 Å². The van der Waals surface area contributed by atoms with E-state index in [2.05, 4.69) is 123 Å². The van der Waals surface area contributed by atoms with E-state index in [1.54, 1.807) is 0 Å². The summed E-state index contributed by atoms with van der Waals surface area (Å²) in [5.41, 5.74) is 9.06. The highest BCUT2D eigenvalue weighted by Crippen LogP contribution is 2.36. The van der Waals surface area contributed by atoms with Crippen LogP contribution in [0, 0.1) is 13.8 Å². The molecular formula is C40H32N2Si. The van der Waals surface area contributed by atoms with E-state index in [4.69, 9.17) is 9.98 Å². The zero-order valence-corrected chi connectivity index (χ0v) is 25.4. The number of hydrogen-bond donors (Lipinski definition) is 0. The molecule has 0 saturated heterocycles. The molecule has 0 spiro atoms. The normalized spacial score (nSPS) is 13.3. The van der Waals surface area contributed by atoms with E-state index in [0.29, 0.717) is 0 Å². The van der Waals surface area contributed by atoms with Gasteiger partial charge in [0.2, 0.25) is 0 Å². The average Bonchev–Trinajstić information content (AvgIpc) is 3.32. The van der Waals surface area contributed by atoms with Crippen LogP contribution in [-0.4, -0.2) is 20.5 Å². The van der Waals surface area contributed by atoms with E-state index < -0.39 is 8.07 Å². The molecule has 0 aliphatic carbocycles. The Kier molecular flexibility index (Phi) is 7.02. The lowest BCUT2D eigenvalue weighted by molar-refractivity contribution is 1.41. The van der Waals surface area contributed by atoms with Crippen molar-refractivity contribution in [2.24, 2.45) is 9.98 Å². The summed E-state index contributed by atoms with van der Waals surface area (Å²) in [6.07, 6.45) is 3.93. The first-order chi connectivity index (χ1) is 21.1. The lowest BCUT2D eigenvalue weighted by Crippen LogP contribution is -2.72. The third kappa shape index (κ3) is 4.78. The molecule has 2 nitrogen and oxygen atoms in total. The van der Waals surface area contributed by atoms with Gasteiger partial charge >= 0.3 is 0 Å². The molecule has 206 valence electrons. The summed E-state index contributed by atoms with van der Waals surface area (Å²) in [6, 6.07) is 52.3. The van der Waals surface area contributed by atoms with Crippen LogP contribution in [0.4, 0.5) is 11.4 Å². The Morgan fingerprint density at radius 2 is 0.791 bits per heavy atom. The van der Waals surface area contributed by atoms with Crippen molar-refractivity contribution in [3.63, 3.8) is 0 Å². The maximum Gasteiger partial charge on any atom is 0.180 e. The molecule has 6 aromatic carbocycles. The van der Waals surface area contributed by atoms with Crippen molar-refractivity contribution in [3.8, 4) is 11.1 Å². The van der Waals surface area contributed by atoms with Crippen LogP contribution in [0.25, 0.3) is 11.1 Å². The van der Waals surface area contributed by atoms with E-state index >= 15 is 0 Å². The molecule has 6 aromatic rings. The summed E-state index contributed by atoms with van der Waals surface area (Å²) < 4.78 is 0. The first-order valence-electron chi connectivity index (χ1n) is 14.7. The maximum absolute atomic E-state index is 5.00. The van der Waals surface area contributed by atoms with Crippen molar-refractivity contribution in [1.82, 2.24) is 0 Å². The van der Waals surface area contributed by atoms with Crippen LogP contribution in [0.3, 0.4) is 0 Å². The molecule has 0 saturated carbocycles. The van der Waals surface area contributed by atoms with Crippen LogP contribution in [0.15, 0.2) is 156 Å². The predicted molar refractivity (Wildman–Crippen MR) is 186 cm³/mol. The second kappa shape index (κ2) is 11.3. The Balaban J connectivity index is 1.50. The van der Waals surface area contributed by atoms with Crippen LogP contribution >= 0.6 is 0 Å². The van der Waals surface area contributed by atoms with Gasteiger partial charge < -0.3 is 0 Å². The highest BCUT2D eigenvalue weighted by molar-refractivity contribution is 7.22. The van der Waals surface area contributed by atoms with Crippen molar-refractivity contribution in [2.45, 2.75) is 13.8 Å². The number of aryl methyl sites for hydroxylation is 2. The predicted octanol–water partition coefficient (Wildman–Crippen LogP) is 7.16. The van der Waals surface area contributed by atoms with Crippen LogP contribution in [0.2, 0.25) is 0 Å².